The molecule has 0 fully saturated rings. The molecule has 0 heterocycles. The summed E-state index contributed by atoms with van der Waals surface area (Å²) in [6, 6.07) is 0. The van der Waals surface area contributed by atoms with Crippen LogP contribution in [-0.4, -0.2) is 39.9 Å². The molecule has 5 heteroatoms. The summed E-state index contributed by atoms with van der Waals surface area (Å²) in [6.45, 7) is 10.8. The second-order valence-electron chi connectivity index (χ2n) is 5.36. The van der Waals surface area contributed by atoms with Crippen molar-refractivity contribution >= 4 is 30.1 Å². The number of nitrogens with zero attached hydrogens (tertiary/aromatic N) is 1. The van der Waals surface area contributed by atoms with E-state index in [4.69, 9.17) is 29.2 Å². The van der Waals surface area contributed by atoms with E-state index in [9.17, 15) is 0 Å². The zero-order valence-electron chi connectivity index (χ0n) is 13.0. The van der Waals surface area contributed by atoms with Crippen molar-refractivity contribution in [3.05, 3.63) is 14.6 Å². The Hall–Kier alpha value is -0.360. The molecule has 0 atom stereocenters. The van der Waals surface area contributed by atoms with E-state index in [0.717, 1.165) is 47.4 Å². The van der Waals surface area contributed by atoms with Crippen molar-refractivity contribution in [2.75, 3.05) is 44.8 Å². The van der Waals surface area contributed by atoms with Crippen molar-refractivity contribution in [3.63, 3.8) is 0 Å². The first kappa shape index (κ1) is 17.7. The fourth-order valence-corrected chi connectivity index (χ4v) is 2.98. The first-order valence-corrected chi connectivity index (χ1v) is 8.15. The molecular weight excluding hydrogens is 288 g/mol. The van der Waals surface area contributed by atoms with Crippen LogP contribution < -0.4 is 10.2 Å². The van der Waals surface area contributed by atoms with Crippen LogP contribution in [0.4, 0.5) is 5.69 Å². The molecular formula is C15H26N2OS2. The summed E-state index contributed by atoms with van der Waals surface area (Å²) in [5.74, 6) is 0.436. The molecule has 0 spiro atoms. The van der Waals surface area contributed by atoms with Crippen molar-refractivity contribution in [1.29, 1.82) is 0 Å². The van der Waals surface area contributed by atoms with Crippen LogP contribution in [0, 0.1) is 9.02 Å². The zero-order chi connectivity index (χ0) is 15.1. The van der Waals surface area contributed by atoms with Gasteiger partial charge in [-0.15, -0.1) is 0 Å². The first-order chi connectivity index (χ1) is 9.50. The third-order valence-electron chi connectivity index (χ3n) is 3.30. The van der Waals surface area contributed by atoms with E-state index in [-0.39, 0.29) is 0 Å². The Bertz CT molecular complexity index is 478. The Morgan fingerprint density at radius 1 is 1.15 bits per heavy atom. The summed E-state index contributed by atoms with van der Waals surface area (Å²) in [4.78, 5) is 2.17. The summed E-state index contributed by atoms with van der Waals surface area (Å²) in [6.07, 6.45) is 1.16. The smallest absolute Gasteiger partial charge is 0.0798 e. The molecule has 0 amide bonds. The van der Waals surface area contributed by atoms with E-state index in [1.165, 1.54) is 5.56 Å². The molecule has 0 saturated heterocycles. The first-order valence-electron chi connectivity index (χ1n) is 7.33. The normalized spacial score (nSPS) is 11.4. The second kappa shape index (κ2) is 8.82. The Kier molecular flexibility index (Phi) is 7.80. The van der Waals surface area contributed by atoms with Gasteiger partial charge in [-0.05, 0) is 24.4 Å². The van der Waals surface area contributed by atoms with E-state index in [1.54, 1.807) is 0 Å². The fraction of sp³-hybridized carbons (Fsp3) is 0.733. The molecule has 0 aliphatic heterocycles. The average Bonchev–Trinajstić information content (AvgIpc) is 2.41. The monoisotopic (exact) mass is 314 g/mol. The van der Waals surface area contributed by atoms with Crippen molar-refractivity contribution in [2.45, 2.75) is 33.1 Å². The molecule has 0 aromatic heterocycles. The van der Waals surface area contributed by atoms with Crippen LogP contribution in [0.5, 0.6) is 0 Å². The maximum absolute atomic E-state index is 5.62. The van der Waals surface area contributed by atoms with Gasteiger partial charge in [0.1, 0.15) is 0 Å². The van der Waals surface area contributed by atoms with Gasteiger partial charge in [0.05, 0.1) is 27.9 Å². The number of hydrogen-bond donors (Lipinski definition) is 1. The molecule has 1 N–H and O–H groups in total. The topological polar surface area (TPSA) is 24.5 Å². The van der Waals surface area contributed by atoms with Gasteiger partial charge in [0.2, 0.25) is 0 Å². The third-order valence-corrected chi connectivity index (χ3v) is 4.25. The lowest BCUT2D eigenvalue weighted by atomic mass is 9.96. The molecule has 0 radical (unpaired) electrons. The Morgan fingerprint density at radius 2 is 1.85 bits per heavy atom. The summed E-state index contributed by atoms with van der Waals surface area (Å²) < 4.78 is 7.34. The zero-order valence-corrected chi connectivity index (χ0v) is 14.6. The number of hydrogen-bond acceptors (Lipinski definition) is 5. The average molecular weight is 315 g/mol. The van der Waals surface area contributed by atoms with Crippen LogP contribution in [0.15, 0.2) is 0 Å². The summed E-state index contributed by atoms with van der Waals surface area (Å²) in [5.41, 5.74) is 2.38. The SMILES string of the molecule is CCCNCCOCCN(C)c1c(C(C)C)c(=S)c1=S. The lowest BCUT2D eigenvalue weighted by Crippen LogP contribution is -2.27. The molecule has 0 unspecified atom stereocenters. The van der Waals surface area contributed by atoms with Gasteiger partial charge >= 0.3 is 0 Å². The van der Waals surface area contributed by atoms with Gasteiger partial charge in [-0.25, -0.2) is 0 Å². The van der Waals surface area contributed by atoms with E-state index in [1.807, 2.05) is 0 Å². The van der Waals surface area contributed by atoms with Gasteiger partial charge in [-0.1, -0.05) is 45.2 Å². The second-order valence-corrected chi connectivity index (χ2v) is 6.18. The van der Waals surface area contributed by atoms with Crippen molar-refractivity contribution in [1.82, 2.24) is 5.32 Å². The molecule has 0 aliphatic rings. The maximum atomic E-state index is 5.62. The van der Waals surface area contributed by atoms with Crippen molar-refractivity contribution in [3.8, 4) is 0 Å². The van der Waals surface area contributed by atoms with E-state index >= 15 is 0 Å². The standard InChI is InChI=1S/C15H26N2OS2/c1-5-6-16-7-9-18-10-8-17(4)13-12(11(2)3)14(19)15(13)20/h11,16H,5-10H2,1-4H3. The highest BCUT2D eigenvalue weighted by Gasteiger charge is 2.20. The lowest BCUT2D eigenvalue weighted by molar-refractivity contribution is 0.142. The molecule has 20 heavy (non-hydrogen) atoms. The van der Waals surface area contributed by atoms with E-state index in [2.05, 4.69) is 38.0 Å². The van der Waals surface area contributed by atoms with Gasteiger partial charge in [0.15, 0.2) is 0 Å². The molecule has 0 aliphatic carbocycles. The third kappa shape index (κ3) is 4.58. The molecule has 0 saturated carbocycles. The Labute approximate surface area is 133 Å². The molecule has 114 valence electrons. The highest BCUT2D eigenvalue weighted by Crippen LogP contribution is 2.35. The molecule has 1 aromatic rings. The highest BCUT2D eigenvalue weighted by atomic mass is 32.1. The fourth-order valence-electron chi connectivity index (χ4n) is 2.17. The minimum Gasteiger partial charge on any atom is -0.378 e. The van der Waals surface area contributed by atoms with Crippen LogP contribution in [-0.2, 0) is 4.74 Å². The largest absolute Gasteiger partial charge is 0.378 e. The number of ether oxygens (including phenoxy) is 1. The van der Waals surface area contributed by atoms with Crippen molar-refractivity contribution < 1.29 is 4.74 Å². The van der Waals surface area contributed by atoms with Gasteiger partial charge < -0.3 is 15.0 Å². The predicted octanol–water partition coefficient (Wildman–Crippen LogP) is 3.60. The van der Waals surface area contributed by atoms with Gasteiger partial charge in [0.25, 0.3) is 0 Å². The number of likely N-dealkylation sites (N-methyl/N-ethyl adjacent to an activating group) is 1. The van der Waals surface area contributed by atoms with Gasteiger partial charge in [-0.3, -0.25) is 0 Å². The van der Waals surface area contributed by atoms with Crippen LogP contribution in [0.25, 0.3) is 0 Å². The van der Waals surface area contributed by atoms with Gasteiger partial charge in [0, 0.05) is 20.1 Å². The minimum atomic E-state index is 0.436. The van der Waals surface area contributed by atoms with Crippen LogP contribution in [0.1, 0.15) is 38.7 Å². The quantitative estimate of drug-likeness (QED) is 0.525. The highest BCUT2D eigenvalue weighted by molar-refractivity contribution is 7.74. The Balaban J connectivity index is 2.34. The number of anilines is 1. The van der Waals surface area contributed by atoms with Crippen LogP contribution in [0.2, 0.25) is 0 Å². The van der Waals surface area contributed by atoms with Crippen molar-refractivity contribution in [2.24, 2.45) is 0 Å². The maximum Gasteiger partial charge on any atom is 0.0798 e. The van der Waals surface area contributed by atoms with E-state index < -0.39 is 0 Å². The molecule has 3 nitrogen and oxygen atoms in total. The summed E-state index contributed by atoms with van der Waals surface area (Å²) in [5, 5.41) is 3.32. The lowest BCUT2D eigenvalue weighted by Gasteiger charge is -2.27. The molecule has 0 bridgehead atoms. The summed E-state index contributed by atoms with van der Waals surface area (Å²) in [7, 11) is 2.06. The molecule has 1 rings (SSSR count). The van der Waals surface area contributed by atoms with Gasteiger partial charge in [-0.2, -0.15) is 0 Å². The summed E-state index contributed by atoms with van der Waals surface area (Å²) >= 11 is 10.7. The molecule has 1 aromatic carbocycles. The minimum absolute atomic E-state index is 0.436. The van der Waals surface area contributed by atoms with E-state index in [0.29, 0.717) is 12.5 Å². The van der Waals surface area contributed by atoms with Crippen LogP contribution in [0.3, 0.4) is 0 Å². The predicted molar refractivity (Wildman–Crippen MR) is 91.8 cm³/mol. The van der Waals surface area contributed by atoms with Crippen LogP contribution >= 0.6 is 24.4 Å². The number of rotatable bonds is 10. The number of nitrogens with one attached hydrogen (secondary N) is 1. The Morgan fingerprint density at radius 3 is 2.45 bits per heavy atom.